The van der Waals surface area contributed by atoms with Gasteiger partial charge in [-0.2, -0.15) is 11.0 Å². The van der Waals surface area contributed by atoms with E-state index in [0.717, 1.165) is 114 Å². The summed E-state index contributed by atoms with van der Waals surface area (Å²) in [7, 11) is 7.60. The smallest absolute Gasteiger partial charge is 1.00 e. The van der Waals surface area contributed by atoms with Crippen molar-refractivity contribution in [1.29, 1.82) is 5.26 Å². The predicted octanol–water partition coefficient (Wildman–Crippen LogP) is 17.0. The van der Waals surface area contributed by atoms with Crippen LogP contribution in [0.15, 0.2) is 121 Å². The monoisotopic (exact) mass is 1400 g/mol. The molecule has 7 nitrogen and oxygen atoms in total. The van der Waals surface area contributed by atoms with E-state index in [-0.39, 0.29) is 73.8 Å². The molecule has 0 saturated heterocycles. The van der Waals surface area contributed by atoms with E-state index in [1.54, 1.807) is 0 Å². The second-order valence-electron chi connectivity index (χ2n) is 26.8. The zero-order valence-electron chi connectivity index (χ0n) is 56.0. The maximum atomic E-state index is 10.9. The Morgan fingerprint density at radius 3 is 1.08 bits per heavy atom. The normalized spacial score (nSPS) is 17.9. The number of likely N-dealkylation sites (N-methyl/N-ethyl adjacent to an activating group) is 1. The number of carbonyl (C=O) groups is 1. The number of aliphatic hydroxyl groups excluding tert-OH is 1. The molecule has 5 saturated carbocycles. The third kappa shape index (κ3) is 22.2. The van der Waals surface area contributed by atoms with Crippen LogP contribution in [0.25, 0.3) is 5.41 Å². The quantitative estimate of drug-likeness (QED) is 0.0350. The maximum Gasteiger partial charge on any atom is 2.00 e. The number of amides is 1. The van der Waals surface area contributed by atoms with Gasteiger partial charge in [0, 0.05) is 66.6 Å². The van der Waals surface area contributed by atoms with Gasteiger partial charge in [0.05, 0.1) is 19.3 Å². The third-order valence-corrected chi connectivity index (χ3v) is 20.6. The van der Waals surface area contributed by atoms with Crippen molar-refractivity contribution in [2.75, 3.05) is 14.2 Å². The van der Waals surface area contributed by atoms with Gasteiger partial charge in [-0.15, -0.1) is 0 Å². The number of nitrogens with one attached hydrogen (secondary N) is 2. The fraction of sp³-hybridized carbons (Fsp3) is 0.560. The Bertz CT molecular complexity index is 2850. The number of nitrogens with two attached hydrogens (primary N) is 1. The molecule has 2 radical (unpaired) electrons. The molecule has 0 aromatic heterocycles. The molecular weight excluding hydrogens is 1300 g/mol. The number of nitriles is 1. The molecule has 5 aromatic carbocycles. The molecule has 90 heavy (non-hydrogen) atoms. The van der Waals surface area contributed by atoms with Crippen molar-refractivity contribution >= 4 is 101 Å². The molecule has 1 amide bonds. The van der Waals surface area contributed by atoms with Gasteiger partial charge in [-0.25, -0.2) is 0 Å². The Morgan fingerprint density at radius 2 is 0.822 bits per heavy atom. The molecule has 5 aliphatic carbocycles. The molecule has 0 bridgehead atoms. The third-order valence-electron chi connectivity index (χ3n) is 19.4. The van der Waals surface area contributed by atoms with E-state index in [4.69, 9.17) is 74.1 Å². The van der Waals surface area contributed by atoms with Crippen LogP contribution in [-0.2, 0) is 31.9 Å². The van der Waals surface area contributed by atoms with Crippen LogP contribution >= 0.6 is 58.0 Å². The molecule has 0 heterocycles. The SMILES string of the molecule is CC(C)CC(=[N-])C1(c2ccc(Cl)cc2)CCC1.CC(C)CC(N)C1(c2ccc(Cl)cc2)CCC1.CC(C)CC(NC=O)C1(c2ccc(Cl)cc2)CCC1.CNC(CC(C)C)C1(c2ccc(Cl)cc2)CCC1.CO.N#CC1(c2ccc(Cl)cc2)CCC1.[B]C.[Br-].[Mg+2]. The fourth-order valence-corrected chi connectivity index (χ4v) is 14.4. The summed E-state index contributed by atoms with van der Waals surface area (Å²) in [4.78, 5) is 10.9. The topological polar surface area (TPSA) is 133 Å². The van der Waals surface area contributed by atoms with Crippen LogP contribution < -0.4 is 33.3 Å². The minimum atomic E-state index is -0.204. The number of rotatable bonds is 20. The van der Waals surface area contributed by atoms with Gasteiger partial charge >= 0.3 is 23.1 Å². The van der Waals surface area contributed by atoms with Gasteiger partial charge < -0.3 is 43.9 Å². The van der Waals surface area contributed by atoms with E-state index >= 15 is 0 Å². The first-order chi connectivity index (χ1) is 42.0. The summed E-state index contributed by atoms with van der Waals surface area (Å²) >= 11 is 29.6. The van der Waals surface area contributed by atoms with Crippen LogP contribution in [-0.4, -0.2) is 80.4 Å². The maximum absolute atomic E-state index is 10.9. The molecule has 5 N–H and O–H groups in total. The number of carbonyl (C=O) groups excluding carboxylic acids is 1. The van der Waals surface area contributed by atoms with Crippen LogP contribution in [0.4, 0.5) is 0 Å². The van der Waals surface area contributed by atoms with E-state index in [2.05, 4.69) is 136 Å². The van der Waals surface area contributed by atoms with Crippen LogP contribution in [0.1, 0.15) is 205 Å². The summed E-state index contributed by atoms with van der Waals surface area (Å²) in [5.41, 5.74) is 13.9. The fourth-order valence-electron chi connectivity index (χ4n) is 13.8. The van der Waals surface area contributed by atoms with Crippen LogP contribution in [0.2, 0.25) is 31.9 Å². The van der Waals surface area contributed by atoms with E-state index in [1.807, 2.05) is 72.8 Å². The summed E-state index contributed by atoms with van der Waals surface area (Å²) in [6.07, 6.45) is 22.7. The van der Waals surface area contributed by atoms with E-state index in [1.165, 1.54) is 86.9 Å². The van der Waals surface area contributed by atoms with Crippen molar-refractivity contribution in [1.82, 2.24) is 10.6 Å². The first kappa shape index (κ1) is 83.5. The second-order valence-corrected chi connectivity index (χ2v) is 28.9. The van der Waals surface area contributed by atoms with Crippen molar-refractivity contribution in [3.05, 3.63) is 180 Å². The number of halogens is 6. The van der Waals surface area contributed by atoms with Crippen LogP contribution in [0.3, 0.4) is 0 Å². The number of benzene rings is 5. The summed E-state index contributed by atoms with van der Waals surface area (Å²) in [6, 6.07) is 43.9. The number of nitrogens with zero attached hydrogens (tertiary/aromatic N) is 2. The van der Waals surface area contributed by atoms with Crippen molar-refractivity contribution in [3.8, 4) is 6.07 Å². The van der Waals surface area contributed by atoms with Gasteiger partial charge in [0.2, 0.25) is 6.41 Å². The molecule has 15 heteroatoms. The molecule has 488 valence electrons. The summed E-state index contributed by atoms with van der Waals surface area (Å²) in [5.74, 6) is 2.46. The second kappa shape index (κ2) is 40.7. The molecule has 3 unspecified atom stereocenters. The molecule has 10 rings (SSSR count). The Kier molecular flexibility index (Phi) is 37.7. The zero-order valence-corrected chi connectivity index (χ0v) is 62.8. The molecule has 5 aromatic rings. The van der Waals surface area contributed by atoms with Crippen molar-refractivity contribution < 1.29 is 26.9 Å². The Morgan fingerprint density at radius 1 is 0.522 bits per heavy atom. The summed E-state index contributed by atoms with van der Waals surface area (Å²) in [5, 5.41) is 37.0. The average Bonchev–Trinajstić information content (AvgIpc) is 0.836. The van der Waals surface area contributed by atoms with Crippen LogP contribution in [0, 0.1) is 35.0 Å². The molecule has 3 atom stereocenters. The van der Waals surface area contributed by atoms with Crippen molar-refractivity contribution in [2.24, 2.45) is 29.4 Å². The zero-order chi connectivity index (χ0) is 65.3. The number of hydrogen-bond donors (Lipinski definition) is 4. The summed E-state index contributed by atoms with van der Waals surface area (Å²) < 4.78 is 0. The van der Waals surface area contributed by atoms with Gasteiger partial charge in [0.25, 0.3) is 0 Å². The van der Waals surface area contributed by atoms with Gasteiger partial charge in [0.15, 0.2) is 0 Å². The van der Waals surface area contributed by atoms with Gasteiger partial charge in [0.1, 0.15) is 0 Å². The minimum absolute atomic E-state index is 0. The van der Waals surface area contributed by atoms with Crippen molar-refractivity contribution in [2.45, 2.75) is 229 Å². The molecule has 5 fully saturated rings. The first-order valence-electron chi connectivity index (χ1n) is 32.4. The minimum Gasteiger partial charge on any atom is -1.00 e. The largest absolute Gasteiger partial charge is 2.00 e. The Hall–Kier alpha value is -2.63. The standard InChI is InChI=1S/C16H22ClNO.C16H24ClN.C15H22ClN.C15H19ClN.C11H10ClN.CH3B.CH4O.BrH.Mg/c1-12(2)10-15(18-11-19)16(8-3-9-16)13-4-6-14(17)7-5-13;1-12(2)11-15(18-3)16(9-4-10-16)13-5-7-14(17)8-6-13;2*1-11(2)10-14(17)15(8-3-9-15)12-4-6-13(16)7-5-12;12-10-4-2-9(3-5-10)11(8-13)6-1-7-11;2*1-2;;/h4-7,11-12,15H,3,8-10H2,1-2H3,(H,18,19);5-8,12,15,18H,4,9-11H2,1-3H3;4-7,11,14H,3,8-10,17H2,1-2H3;4-7,11H,3,8-10H2,1-2H3;2-5H,1,6-7H2;1H3;2H,1H3;1H;/q;;;-1;;;;;+2/p-1. The molecular formula is C75H104BBrCl5MgN5O2. The van der Waals surface area contributed by atoms with Gasteiger partial charge in [-0.1, -0.05) is 213 Å². The van der Waals surface area contributed by atoms with Gasteiger partial charge in [-0.3, -0.25) is 4.79 Å². The number of aliphatic hydroxyl groups is 1. The number of hydrogen-bond acceptors (Lipinski definition) is 5. The van der Waals surface area contributed by atoms with E-state index in [0.29, 0.717) is 34.9 Å². The summed E-state index contributed by atoms with van der Waals surface area (Å²) in [6.45, 7) is 19.3. The van der Waals surface area contributed by atoms with Gasteiger partial charge in [-0.05, 0) is 215 Å². The Labute approximate surface area is 597 Å². The predicted molar refractivity (Wildman–Crippen MR) is 386 cm³/mol. The molecule has 0 aliphatic heterocycles. The van der Waals surface area contributed by atoms with E-state index in [9.17, 15) is 10.2 Å². The van der Waals surface area contributed by atoms with Crippen LogP contribution in [0.5, 0.6) is 0 Å². The first-order valence-corrected chi connectivity index (χ1v) is 34.3. The van der Waals surface area contributed by atoms with E-state index < -0.39 is 0 Å². The average molecular weight is 1400 g/mol. The molecule has 0 spiro atoms. The Balaban J connectivity index is 0.000000377. The van der Waals surface area contributed by atoms with Crippen molar-refractivity contribution in [3.63, 3.8) is 0 Å². The molecule has 5 aliphatic rings.